The van der Waals surface area contributed by atoms with Crippen LogP contribution in [0.15, 0.2) is 22.8 Å². The van der Waals surface area contributed by atoms with E-state index in [9.17, 15) is 4.79 Å². The Morgan fingerprint density at radius 2 is 2.59 bits per heavy atom. The summed E-state index contributed by atoms with van der Waals surface area (Å²) in [5, 5.41) is 6.28. The summed E-state index contributed by atoms with van der Waals surface area (Å²) in [6, 6.07) is 3.36. The Hall–Kier alpha value is -1.33. The lowest BCUT2D eigenvalue weighted by atomic mass is 9.98. The SMILES string of the molecule is COCC1(CNC(=O)c2ccco2)CCCN1. The summed E-state index contributed by atoms with van der Waals surface area (Å²) in [7, 11) is 1.68. The molecule has 0 radical (unpaired) electrons. The predicted octanol–water partition coefficient (Wildman–Crippen LogP) is 0.778. The molecule has 1 fully saturated rings. The first kappa shape index (κ1) is 12.1. The van der Waals surface area contributed by atoms with Gasteiger partial charge in [-0.25, -0.2) is 0 Å². The average molecular weight is 238 g/mol. The number of furan rings is 1. The van der Waals surface area contributed by atoms with Gasteiger partial charge >= 0.3 is 0 Å². The maximum Gasteiger partial charge on any atom is 0.287 e. The van der Waals surface area contributed by atoms with E-state index < -0.39 is 0 Å². The Bertz CT molecular complexity index is 356. The minimum atomic E-state index is -0.181. The molecule has 0 spiro atoms. The minimum absolute atomic E-state index is 0.128. The number of rotatable bonds is 5. The molecule has 0 aliphatic carbocycles. The van der Waals surface area contributed by atoms with Crippen molar-refractivity contribution >= 4 is 5.91 Å². The fraction of sp³-hybridized carbons (Fsp3) is 0.583. The minimum Gasteiger partial charge on any atom is -0.459 e. The zero-order chi connectivity index (χ0) is 12.1. The molecule has 1 saturated heterocycles. The number of ether oxygens (including phenoxy) is 1. The molecule has 1 aliphatic heterocycles. The molecule has 1 amide bonds. The van der Waals surface area contributed by atoms with Crippen LogP contribution in [0.25, 0.3) is 0 Å². The van der Waals surface area contributed by atoms with Gasteiger partial charge in [0.05, 0.1) is 18.4 Å². The number of hydrogen-bond acceptors (Lipinski definition) is 4. The first-order chi connectivity index (χ1) is 8.26. The van der Waals surface area contributed by atoms with Crippen molar-refractivity contribution in [3.63, 3.8) is 0 Å². The van der Waals surface area contributed by atoms with Crippen LogP contribution in [0.4, 0.5) is 0 Å². The van der Waals surface area contributed by atoms with Crippen molar-refractivity contribution < 1.29 is 13.9 Å². The number of carbonyl (C=O) groups is 1. The Labute approximate surface area is 101 Å². The fourth-order valence-electron chi connectivity index (χ4n) is 2.21. The van der Waals surface area contributed by atoms with Crippen LogP contribution >= 0.6 is 0 Å². The molecule has 5 heteroatoms. The molecular weight excluding hydrogens is 220 g/mol. The molecule has 2 N–H and O–H groups in total. The van der Waals surface area contributed by atoms with Crippen LogP contribution in [0.3, 0.4) is 0 Å². The topological polar surface area (TPSA) is 63.5 Å². The Kier molecular flexibility index (Phi) is 3.81. The highest BCUT2D eigenvalue weighted by Crippen LogP contribution is 2.18. The van der Waals surface area contributed by atoms with Gasteiger partial charge in [-0.05, 0) is 31.5 Å². The van der Waals surface area contributed by atoms with Gasteiger partial charge in [-0.2, -0.15) is 0 Å². The average Bonchev–Trinajstić information content (AvgIpc) is 2.98. The molecule has 1 aromatic rings. The number of amides is 1. The zero-order valence-electron chi connectivity index (χ0n) is 9.99. The highest BCUT2D eigenvalue weighted by Gasteiger charge is 2.33. The van der Waals surface area contributed by atoms with E-state index in [4.69, 9.17) is 9.15 Å². The molecule has 1 unspecified atom stereocenters. The molecule has 5 nitrogen and oxygen atoms in total. The lowest BCUT2D eigenvalue weighted by molar-refractivity contribution is 0.0867. The summed E-state index contributed by atoms with van der Waals surface area (Å²) in [4.78, 5) is 11.7. The lowest BCUT2D eigenvalue weighted by Crippen LogP contribution is -2.52. The summed E-state index contributed by atoms with van der Waals surface area (Å²) < 4.78 is 10.3. The van der Waals surface area contributed by atoms with Crippen LogP contribution < -0.4 is 10.6 Å². The van der Waals surface area contributed by atoms with Crippen molar-refractivity contribution in [2.45, 2.75) is 18.4 Å². The van der Waals surface area contributed by atoms with Gasteiger partial charge < -0.3 is 19.8 Å². The van der Waals surface area contributed by atoms with Gasteiger partial charge in [-0.3, -0.25) is 4.79 Å². The van der Waals surface area contributed by atoms with Gasteiger partial charge in [0.15, 0.2) is 5.76 Å². The van der Waals surface area contributed by atoms with E-state index >= 15 is 0 Å². The Morgan fingerprint density at radius 3 is 3.18 bits per heavy atom. The predicted molar refractivity (Wildman–Crippen MR) is 62.9 cm³/mol. The molecule has 0 bridgehead atoms. The third-order valence-corrected chi connectivity index (χ3v) is 3.09. The molecule has 1 aromatic heterocycles. The highest BCUT2D eigenvalue weighted by molar-refractivity contribution is 5.91. The second kappa shape index (κ2) is 5.33. The van der Waals surface area contributed by atoms with E-state index in [-0.39, 0.29) is 11.4 Å². The molecule has 17 heavy (non-hydrogen) atoms. The van der Waals surface area contributed by atoms with Crippen LogP contribution in [0.1, 0.15) is 23.4 Å². The third kappa shape index (κ3) is 2.87. The Morgan fingerprint density at radius 1 is 1.71 bits per heavy atom. The molecule has 94 valence electrons. The summed E-state index contributed by atoms with van der Waals surface area (Å²) in [6.07, 6.45) is 3.62. The van der Waals surface area contributed by atoms with Crippen molar-refractivity contribution in [2.24, 2.45) is 0 Å². The molecule has 2 heterocycles. The van der Waals surface area contributed by atoms with Gasteiger partial charge in [0.2, 0.25) is 0 Å². The standard InChI is InChI=1S/C12H18N2O3/c1-16-9-12(5-3-6-14-12)8-13-11(15)10-4-2-7-17-10/h2,4,7,14H,3,5-6,8-9H2,1H3,(H,13,15). The summed E-state index contributed by atoms with van der Waals surface area (Å²) in [5.74, 6) is 0.162. The Balaban J connectivity index is 1.89. The van der Waals surface area contributed by atoms with Crippen LogP contribution in [0.2, 0.25) is 0 Å². The number of nitrogens with one attached hydrogen (secondary N) is 2. The molecule has 2 rings (SSSR count). The van der Waals surface area contributed by atoms with E-state index in [1.54, 1.807) is 19.2 Å². The second-order valence-corrected chi connectivity index (χ2v) is 4.40. The summed E-state index contributed by atoms with van der Waals surface area (Å²) in [6.45, 7) is 2.13. The zero-order valence-corrected chi connectivity index (χ0v) is 9.99. The van der Waals surface area contributed by atoms with E-state index in [1.807, 2.05) is 0 Å². The monoisotopic (exact) mass is 238 g/mol. The first-order valence-corrected chi connectivity index (χ1v) is 5.81. The highest BCUT2D eigenvalue weighted by atomic mass is 16.5. The van der Waals surface area contributed by atoms with E-state index in [2.05, 4.69) is 10.6 Å². The van der Waals surface area contributed by atoms with Gasteiger partial charge in [0, 0.05) is 13.7 Å². The maximum atomic E-state index is 11.7. The van der Waals surface area contributed by atoms with Gasteiger partial charge in [0.1, 0.15) is 0 Å². The van der Waals surface area contributed by atoms with Gasteiger partial charge in [-0.15, -0.1) is 0 Å². The van der Waals surface area contributed by atoms with Crippen LogP contribution in [0, 0.1) is 0 Å². The van der Waals surface area contributed by atoms with Crippen molar-refractivity contribution in [3.8, 4) is 0 Å². The molecule has 1 aliphatic rings. The van der Waals surface area contributed by atoms with Gasteiger partial charge in [0.25, 0.3) is 5.91 Å². The summed E-state index contributed by atoms with van der Waals surface area (Å²) >= 11 is 0. The van der Waals surface area contributed by atoms with Crippen LogP contribution in [-0.4, -0.2) is 38.3 Å². The van der Waals surface area contributed by atoms with Crippen LogP contribution in [-0.2, 0) is 4.74 Å². The largest absolute Gasteiger partial charge is 0.459 e. The fourth-order valence-corrected chi connectivity index (χ4v) is 2.21. The van der Waals surface area contributed by atoms with E-state index in [0.29, 0.717) is 18.9 Å². The number of carbonyl (C=O) groups excluding carboxylic acids is 1. The second-order valence-electron chi connectivity index (χ2n) is 4.40. The van der Waals surface area contributed by atoms with Crippen molar-refractivity contribution in [1.82, 2.24) is 10.6 Å². The van der Waals surface area contributed by atoms with E-state index in [1.165, 1.54) is 6.26 Å². The third-order valence-electron chi connectivity index (χ3n) is 3.09. The number of hydrogen-bond donors (Lipinski definition) is 2. The first-order valence-electron chi connectivity index (χ1n) is 5.81. The number of methoxy groups -OCH3 is 1. The molecule has 1 atom stereocenters. The maximum absolute atomic E-state index is 11.7. The van der Waals surface area contributed by atoms with Crippen LogP contribution in [0.5, 0.6) is 0 Å². The van der Waals surface area contributed by atoms with Crippen molar-refractivity contribution in [1.29, 1.82) is 0 Å². The summed E-state index contributed by atoms with van der Waals surface area (Å²) in [5.41, 5.74) is -0.128. The van der Waals surface area contributed by atoms with Gasteiger partial charge in [-0.1, -0.05) is 0 Å². The molecular formula is C12H18N2O3. The van der Waals surface area contributed by atoms with Crippen molar-refractivity contribution in [2.75, 3.05) is 26.8 Å². The molecule has 0 saturated carbocycles. The smallest absolute Gasteiger partial charge is 0.287 e. The molecule has 0 aromatic carbocycles. The van der Waals surface area contributed by atoms with Crippen molar-refractivity contribution in [3.05, 3.63) is 24.2 Å². The van der Waals surface area contributed by atoms with E-state index in [0.717, 1.165) is 19.4 Å². The lowest BCUT2D eigenvalue weighted by Gasteiger charge is -2.28. The quantitative estimate of drug-likeness (QED) is 0.795. The normalized spacial score (nSPS) is 23.8.